The monoisotopic (exact) mass is 336 g/mol. The quantitative estimate of drug-likeness (QED) is 0.613. The number of imidazole rings is 1. The van der Waals surface area contributed by atoms with Crippen LogP contribution >= 0.6 is 0 Å². The lowest BCUT2D eigenvalue weighted by molar-refractivity contribution is -0.116. The number of para-hydroxylation sites is 2. The van der Waals surface area contributed by atoms with Crippen molar-refractivity contribution in [2.75, 3.05) is 11.9 Å². The van der Waals surface area contributed by atoms with Gasteiger partial charge in [0.15, 0.2) is 0 Å². The molecule has 3 N–H and O–H groups in total. The van der Waals surface area contributed by atoms with Crippen LogP contribution in [0.15, 0.2) is 54.9 Å². The Balaban J connectivity index is 1.58. The molecule has 0 aliphatic heterocycles. The molecule has 0 radical (unpaired) electrons. The number of carbonyl (C=O) groups is 1. The zero-order chi connectivity index (χ0) is 17.5. The summed E-state index contributed by atoms with van der Waals surface area (Å²) in [4.78, 5) is 16.4. The van der Waals surface area contributed by atoms with Gasteiger partial charge in [-0.2, -0.15) is 0 Å². The van der Waals surface area contributed by atoms with Crippen LogP contribution in [0.25, 0.3) is 16.7 Å². The molecule has 0 aliphatic rings. The van der Waals surface area contributed by atoms with Crippen LogP contribution in [0.4, 0.5) is 5.69 Å². The molecule has 5 heteroatoms. The fourth-order valence-electron chi connectivity index (χ4n) is 2.88. The van der Waals surface area contributed by atoms with E-state index in [9.17, 15) is 4.79 Å². The molecule has 0 saturated carbocycles. The lowest BCUT2D eigenvalue weighted by atomic mass is 10.1. The lowest BCUT2D eigenvalue weighted by Crippen LogP contribution is -2.11. The first-order valence-electron chi connectivity index (χ1n) is 8.80. The SMILES string of the molecule is NCCCCCCC(=O)Nc1ccc(-n2cnc3ccccc32)cc1. The first-order valence-corrected chi connectivity index (χ1v) is 8.80. The highest BCUT2D eigenvalue weighted by molar-refractivity contribution is 5.90. The Morgan fingerprint density at radius 3 is 2.56 bits per heavy atom. The van der Waals surface area contributed by atoms with Gasteiger partial charge in [0, 0.05) is 17.8 Å². The van der Waals surface area contributed by atoms with Crippen LogP contribution in [-0.2, 0) is 4.79 Å². The molecule has 5 nitrogen and oxygen atoms in total. The predicted octanol–water partition coefficient (Wildman–Crippen LogP) is 3.87. The van der Waals surface area contributed by atoms with E-state index in [0.29, 0.717) is 6.42 Å². The van der Waals surface area contributed by atoms with Crippen molar-refractivity contribution < 1.29 is 4.79 Å². The van der Waals surface area contributed by atoms with Gasteiger partial charge in [-0.3, -0.25) is 9.36 Å². The summed E-state index contributed by atoms with van der Waals surface area (Å²) in [5.41, 5.74) is 9.34. The molecule has 0 bridgehead atoms. The number of unbranched alkanes of at least 4 members (excludes halogenated alkanes) is 3. The molecule has 3 rings (SSSR count). The van der Waals surface area contributed by atoms with E-state index in [0.717, 1.165) is 54.6 Å². The van der Waals surface area contributed by atoms with Gasteiger partial charge in [0.05, 0.1) is 11.0 Å². The molecule has 0 saturated heterocycles. The number of hydrogen-bond donors (Lipinski definition) is 2. The van der Waals surface area contributed by atoms with Gasteiger partial charge >= 0.3 is 0 Å². The summed E-state index contributed by atoms with van der Waals surface area (Å²) >= 11 is 0. The number of amides is 1. The number of anilines is 1. The van der Waals surface area contributed by atoms with E-state index in [-0.39, 0.29) is 5.91 Å². The summed E-state index contributed by atoms with van der Waals surface area (Å²) in [5.74, 6) is 0.0635. The third-order valence-electron chi connectivity index (χ3n) is 4.24. The smallest absolute Gasteiger partial charge is 0.224 e. The molecule has 1 amide bonds. The second-order valence-corrected chi connectivity index (χ2v) is 6.15. The van der Waals surface area contributed by atoms with Crippen molar-refractivity contribution in [1.82, 2.24) is 9.55 Å². The molecule has 25 heavy (non-hydrogen) atoms. The van der Waals surface area contributed by atoms with Crippen molar-refractivity contribution in [3.05, 3.63) is 54.9 Å². The van der Waals surface area contributed by atoms with Gasteiger partial charge in [-0.15, -0.1) is 0 Å². The second kappa shape index (κ2) is 8.44. The summed E-state index contributed by atoms with van der Waals surface area (Å²) in [5, 5.41) is 2.95. The third kappa shape index (κ3) is 4.45. The predicted molar refractivity (Wildman–Crippen MR) is 102 cm³/mol. The van der Waals surface area contributed by atoms with Crippen LogP contribution < -0.4 is 11.1 Å². The third-order valence-corrected chi connectivity index (χ3v) is 4.24. The number of rotatable bonds is 8. The fourth-order valence-corrected chi connectivity index (χ4v) is 2.88. The Morgan fingerprint density at radius 1 is 1.00 bits per heavy atom. The first kappa shape index (κ1) is 17.2. The maximum atomic E-state index is 12.0. The van der Waals surface area contributed by atoms with Crippen LogP contribution in [0, 0.1) is 0 Å². The molecule has 3 aromatic rings. The van der Waals surface area contributed by atoms with Gasteiger partial charge in [0.2, 0.25) is 5.91 Å². The van der Waals surface area contributed by atoms with E-state index in [2.05, 4.69) is 10.3 Å². The molecule has 1 heterocycles. The molecular weight excluding hydrogens is 312 g/mol. The van der Waals surface area contributed by atoms with Gasteiger partial charge < -0.3 is 11.1 Å². The normalized spacial score (nSPS) is 10.9. The van der Waals surface area contributed by atoms with Crippen LogP contribution in [-0.4, -0.2) is 22.0 Å². The highest BCUT2D eigenvalue weighted by Gasteiger charge is 2.05. The summed E-state index contributed by atoms with van der Waals surface area (Å²) < 4.78 is 2.04. The van der Waals surface area contributed by atoms with Crippen LogP contribution in [0.2, 0.25) is 0 Å². The largest absolute Gasteiger partial charge is 0.330 e. The van der Waals surface area contributed by atoms with Gasteiger partial charge in [-0.1, -0.05) is 25.0 Å². The molecule has 2 aromatic carbocycles. The van der Waals surface area contributed by atoms with Gasteiger partial charge in [-0.25, -0.2) is 4.98 Å². The second-order valence-electron chi connectivity index (χ2n) is 6.15. The number of aromatic nitrogens is 2. The van der Waals surface area contributed by atoms with Crippen molar-refractivity contribution in [2.45, 2.75) is 32.1 Å². The average molecular weight is 336 g/mol. The topological polar surface area (TPSA) is 72.9 Å². The molecule has 1 aromatic heterocycles. The Morgan fingerprint density at radius 2 is 1.76 bits per heavy atom. The number of nitrogens with two attached hydrogens (primary N) is 1. The number of nitrogens with one attached hydrogen (secondary N) is 1. The van der Waals surface area contributed by atoms with E-state index in [4.69, 9.17) is 5.73 Å². The van der Waals surface area contributed by atoms with E-state index in [1.165, 1.54) is 0 Å². The number of carbonyl (C=O) groups excluding carboxylic acids is 1. The number of fused-ring (bicyclic) bond motifs is 1. The van der Waals surface area contributed by atoms with Gasteiger partial charge in [0.1, 0.15) is 6.33 Å². The highest BCUT2D eigenvalue weighted by Crippen LogP contribution is 2.19. The Hall–Kier alpha value is -2.66. The van der Waals surface area contributed by atoms with Crippen LogP contribution in [0.1, 0.15) is 32.1 Å². The molecule has 0 spiro atoms. The molecule has 130 valence electrons. The molecule has 0 fully saturated rings. The Bertz CT molecular complexity index is 823. The molecule has 0 unspecified atom stereocenters. The fraction of sp³-hybridized carbons (Fsp3) is 0.300. The maximum Gasteiger partial charge on any atom is 0.224 e. The Labute approximate surface area is 147 Å². The van der Waals surface area contributed by atoms with E-state index in [1.54, 1.807) is 0 Å². The zero-order valence-electron chi connectivity index (χ0n) is 14.3. The van der Waals surface area contributed by atoms with E-state index >= 15 is 0 Å². The van der Waals surface area contributed by atoms with Gasteiger partial charge in [-0.05, 0) is 55.8 Å². The summed E-state index contributed by atoms with van der Waals surface area (Å²) in [6, 6.07) is 15.9. The number of benzene rings is 2. The minimum absolute atomic E-state index is 0.0635. The molecule has 0 aliphatic carbocycles. The standard InChI is InChI=1S/C20H24N4O/c21-14-6-2-1-3-9-20(25)23-16-10-12-17(13-11-16)24-15-22-18-7-4-5-8-19(18)24/h4-5,7-8,10-13,15H,1-3,6,9,14,21H2,(H,23,25). The molecular formula is C20H24N4O. The van der Waals surface area contributed by atoms with Crippen LogP contribution in [0.5, 0.6) is 0 Å². The molecule has 0 atom stereocenters. The minimum Gasteiger partial charge on any atom is -0.330 e. The van der Waals surface area contributed by atoms with E-state index < -0.39 is 0 Å². The summed E-state index contributed by atoms with van der Waals surface area (Å²) in [7, 11) is 0. The lowest BCUT2D eigenvalue weighted by Gasteiger charge is -2.08. The van der Waals surface area contributed by atoms with Crippen LogP contribution in [0.3, 0.4) is 0 Å². The average Bonchev–Trinajstić information content (AvgIpc) is 3.06. The minimum atomic E-state index is 0.0635. The summed E-state index contributed by atoms with van der Waals surface area (Å²) in [6.45, 7) is 0.727. The van der Waals surface area contributed by atoms with Crippen molar-refractivity contribution in [3.63, 3.8) is 0 Å². The van der Waals surface area contributed by atoms with Crippen molar-refractivity contribution >= 4 is 22.6 Å². The van der Waals surface area contributed by atoms with Gasteiger partial charge in [0.25, 0.3) is 0 Å². The number of nitrogens with zero attached hydrogens (tertiary/aromatic N) is 2. The Kier molecular flexibility index (Phi) is 5.80. The van der Waals surface area contributed by atoms with Crippen molar-refractivity contribution in [1.29, 1.82) is 0 Å². The first-order chi connectivity index (χ1) is 12.3. The van der Waals surface area contributed by atoms with E-state index in [1.807, 2.05) is 59.4 Å². The highest BCUT2D eigenvalue weighted by atomic mass is 16.1. The number of hydrogen-bond acceptors (Lipinski definition) is 3. The zero-order valence-corrected chi connectivity index (χ0v) is 14.3. The summed E-state index contributed by atoms with van der Waals surface area (Å²) in [6.07, 6.45) is 6.46. The van der Waals surface area contributed by atoms with Crippen molar-refractivity contribution in [2.24, 2.45) is 5.73 Å². The van der Waals surface area contributed by atoms with Crippen molar-refractivity contribution in [3.8, 4) is 5.69 Å². The maximum absolute atomic E-state index is 12.0.